The van der Waals surface area contributed by atoms with Gasteiger partial charge < -0.3 is 4.74 Å². The first-order valence-corrected chi connectivity index (χ1v) is 5.86. The molecule has 0 saturated heterocycles. The molecule has 0 aliphatic carbocycles. The van der Waals surface area contributed by atoms with Crippen molar-refractivity contribution in [3.63, 3.8) is 0 Å². The van der Waals surface area contributed by atoms with Gasteiger partial charge >= 0.3 is 5.69 Å². The summed E-state index contributed by atoms with van der Waals surface area (Å²) in [7, 11) is 0. The molecule has 6 heteroatoms. The number of aromatic nitrogens is 1. The Hall–Kier alpha value is -1.36. The van der Waals surface area contributed by atoms with Gasteiger partial charge in [0.2, 0.25) is 0 Å². The molecule has 94 valence electrons. The third-order valence-electron chi connectivity index (χ3n) is 2.29. The maximum atomic E-state index is 10.7. The first-order valence-electron chi connectivity index (χ1n) is 5.48. The van der Waals surface area contributed by atoms with E-state index in [1.165, 1.54) is 12.1 Å². The van der Waals surface area contributed by atoms with E-state index in [2.05, 4.69) is 11.9 Å². The second-order valence-corrected chi connectivity index (χ2v) is 4.31. The van der Waals surface area contributed by atoms with E-state index in [9.17, 15) is 10.1 Å². The van der Waals surface area contributed by atoms with Gasteiger partial charge in [-0.15, -0.1) is 0 Å². The van der Waals surface area contributed by atoms with Crippen LogP contribution in [-0.4, -0.2) is 16.5 Å². The molecule has 0 saturated carbocycles. The van der Waals surface area contributed by atoms with Gasteiger partial charge in [0, 0.05) is 6.07 Å². The highest BCUT2D eigenvalue weighted by Crippen LogP contribution is 2.26. The van der Waals surface area contributed by atoms with Gasteiger partial charge in [0.1, 0.15) is 5.15 Å². The number of hydrogen-bond acceptors (Lipinski definition) is 4. The standard InChI is InChI=1S/C11H15ClN2O3/c1-3-4-8(2)7-17-11-9(14(15)16)5-6-10(12)13-11/h5-6,8H,3-4,7H2,1-2H3. The molecule has 0 amide bonds. The van der Waals surface area contributed by atoms with Crippen LogP contribution in [0.25, 0.3) is 0 Å². The number of rotatable bonds is 6. The van der Waals surface area contributed by atoms with Gasteiger partial charge in [0.05, 0.1) is 11.5 Å². The Kier molecular flexibility index (Phi) is 5.15. The van der Waals surface area contributed by atoms with Crippen LogP contribution in [0.5, 0.6) is 5.88 Å². The molecule has 1 atom stereocenters. The Morgan fingerprint density at radius 2 is 2.29 bits per heavy atom. The molecule has 0 fully saturated rings. The number of nitro groups is 1. The van der Waals surface area contributed by atoms with Crippen molar-refractivity contribution in [2.24, 2.45) is 5.92 Å². The number of ether oxygens (including phenoxy) is 1. The molecule has 1 unspecified atom stereocenters. The Morgan fingerprint density at radius 3 is 2.88 bits per heavy atom. The minimum absolute atomic E-state index is 0.00884. The lowest BCUT2D eigenvalue weighted by molar-refractivity contribution is -0.386. The molecule has 0 N–H and O–H groups in total. The van der Waals surface area contributed by atoms with Crippen LogP contribution in [0.4, 0.5) is 5.69 Å². The highest BCUT2D eigenvalue weighted by molar-refractivity contribution is 6.29. The first kappa shape index (κ1) is 13.7. The maximum Gasteiger partial charge on any atom is 0.331 e. The van der Waals surface area contributed by atoms with Crippen molar-refractivity contribution in [1.82, 2.24) is 4.98 Å². The van der Waals surface area contributed by atoms with Gasteiger partial charge in [-0.05, 0) is 18.4 Å². The van der Waals surface area contributed by atoms with E-state index in [1.54, 1.807) is 0 Å². The van der Waals surface area contributed by atoms with Crippen molar-refractivity contribution >= 4 is 17.3 Å². The molecule has 0 aliphatic heterocycles. The molecule has 1 aromatic rings. The summed E-state index contributed by atoms with van der Waals surface area (Å²) in [6.45, 7) is 4.51. The van der Waals surface area contributed by atoms with Crippen LogP contribution in [0.3, 0.4) is 0 Å². The average Bonchev–Trinajstić information content (AvgIpc) is 2.26. The minimum atomic E-state index is -0.525. The topological polar surface area (TPSA) is 65.3 Å². The van der Waals surface area contributed by atoms with E-state index in [1.807, 2.05) is 6.92 Å². The van der Waals surface area contributed by atoms with E-state index < -0.39 is 4.92 Å². The zero-order valence-electron chi connectivity index (χ0n) is 9.85. The summed E-state index contributed by atoms with van der Waals surface area (Å²) >= 11 is 5.68. The van der Waals surface area contributed by atoms with Crippen molar-refractivity contribution in [3.05, 3.63) is 27.4 Å². The van der Waals surface area contributed by atoms with Crippen LogP contribution in [0.2, 0.25) is 5.15 Å². The quantitative estimate of drug-likeness (QED) is 0.445. The summed E-state index contributed by atoms with van der Waals surface area (Å²) in [5.41, 5.74) is -0.155. The van der Waals surface area contributed by atoms with E-state index in [0.29, 0.717) is 12.5 Å². The van der Waals surface area contributed by atoms with Crippen molar-refractivity contribution in [2.75, 3.05) is 6.61 Å². The summed E-state index contributed by atoms with van der Waals surface area (Å²) in [4.78, 5) is 14.0. The molecule has 1 heterocycles. The largest absolute Gasteiger partial charge is 0.472 e. The Balaban J connectivity index is 2.75. The van der Waals surface area contributed by atoms with E-state index in [4.69, 9.17) is 16.3 Å². The predicted octanol–water partition coefficient (Wildman–Crippen LogP) is 3.46. The fraction of sp³-hybridized carbons (Fsp3) is 0.545. The highest BCUT2D eigenvalue weighted by Gasteiger charge is 2.17. The molecular weight excluding hydrogens is 244 g/mol. The first-order chi connectivity index (χ1) is 8.04. The SMILES string of the molecule is CCCC(C)COc1nc(Cl)ccc1[N+](=O)[O-]. The molecule has 17 heavy (non-hydrogen) atoms. The molecule has 0 spiro atoms. The van der Waals surface area contributed by atoms with Crippen LogP contribution in [0, 0.1) is 16.0 Å². The van der Waals surface area contributed by atoms with Crippen LogP contribution >= 0.6 is 11.6 Å². The van der Waals surface area contributed by atoms with Crippen molar-refractivity contribution in [1.29, 1.82) is 0 Å². The summed E-state index contributed by atoms with van der Waals surface area (Å²) in [5.74, 6) is 0.325. The van der Waals surface area contributed by atoms with Gasteiger partial charge in [-0.2, -0.15) is 4.98 Å². The lowest BCUT2D eigenvalue weighted by atomic mass is 10.1. The summed E-state index contributed by atoms with van der Waals surface area (Å²) in [6, 6.07) is 2.68. The zero-order chi connectivity index (χ0) is 12.8. The van der Waals surface area contributed by atoms with Crippen molar-refractivity contribution < 1.29 is 9.66 Å². The Labute approximate surface area is 105 Å². The molecule has 0 bridgehead atoms. The van der Waals surface area contributed by atoms with Crippen molar-refractivity contribution in [3.8, 4) is 5.88 Å². The highest BCUT2D eigenvalue weighted by atomic mass is 35.5. The third-order valence-corrected chi connectivity index (χ3v) is 2.50. The monoisotopic (exact) mass is 258 g/mol. The normalized spacial score (nSPS) is 12.2. The lowest BCUT2D eigenvalue weighted by Gasteiger charge is -2.11. The van der Waals surface area contributed by atoms with Crippen LogP contribution in [0.1, 0.15) is 26.7 Å². The molecule has 1 rings (SSSR count). The number of nitrogens with zero attached hydrogens (tertiary/aromatic N) is 2. The van der Waals surface area contributed by atoms with Crippen LogP contribution < -0.4 is 4.74 Å². The Morgan fingerprint density at radius 1 is 1.59 bits per heavy atom. The summed E-state index contributed by atoms with van der Waals surface area (Å²) in [5, 5.41) is 10.9. The lowest BCUT2D eigenvalue weighted by Crippen LogP contribution is -2.10. The van der Waals surface area contributed by atoms with Crippen LogP contribution in [-0.2, 0) is 0 Å². The van der Waals surface area contributed by atoms with Gasteiger partial charge in [-0.3, -0.25) is 10.1 Å². The molecule has 0 radical (unpaired) electrons. The second kappa shape index (κ2) is 6.39. The number of hydrogen-bond donors (Lipinski definition) is 0. The predicted molar refractivity (Wildman–Crippen MR) is 65.5 cm³/mol. The maximum absolute atomic E-state index is 10.7. The molecular formula is C11H15ClN2O3. The zero-order valence-corrected chi connectivity index (χ0v) is 10.6. The molecule has 5 nitrogen and oxygen atoms in total. The molecule has 0 aromatic carbocycles. The van der Waals surface area contributed by atoms with Crippen molar-refractivity contribution in [2.45, 2.75) is 26.7 Å². The fourth-order valence-corrected chi connectivity index (χ4v) is 1.59. The second-order valence-electron chi connectivity index (χ2n) is 3.92. The van der Waals surface area contributed by atoms with Gasteiger partial charge in [0.15, 0.2) is 0 Å². The average molecular weight is 259 g/mol. The fourth-order valence-electron chi connectivity index (χ4n) is 1.45. The van der Waals surface area contributed by atoms with Crippen LogP contribution in [0.15, 0.2) is 12.1 Å². The van der Waals surface area contributed by atoms with Gasteiger partial charge in [-0.1, -0.05) is 31.9 Å². The number of halogens is 1. The van der Waals surface area contributed by atoms with Gasteiger partial charge in [0.25, 0.3) is 5.88 Å². The molecule has 0 aliphatic rings. The molecule has 1 aromatic heterocycles. The van der Waals surface area contributed by atoms with E-state index >= 15 is 0 Å². The van der Waals surface area contributed by atoms with Gasteiger partial charge in [-0.25, -0.2) is 0 Å². The third kappa shape index (κ3) is 4.19. The number of pyridine rings is 1. The summed E-state index contributed by atoms with van der Waals surface area (Å²) in [6.07, 6.45) is 2.06. The summed E-state index contributed by atoms with van der Waals surface area (Å²) < 4.78 is 5.36. The Bertz CT molecular complexity index is 398. The smallest absolute Gasteiger partial charge is 0.331 e. The van der Waals surface area contributed by atoms with E-state index in [0.717, 1.165) is 12.8 Å². The minimum Gasteiger partial charge on any atom is -0.472 e. The van der Waals surface area contributed by atoms with E-state index in [-0.39, 0.29) is 16.7 Å².